The number of methoxy groups -OCH3 is 1. The number of halogens is 1. The van der Waals surface area contributed by atoms with Gasteiger partial charge in [0.2, 0.25) is 0 Å². The second-order valence-corrected chi connectivity index (χ2v) is 12.4. The number of thiophene rings is 1. The minimum atomic E-state index is -0.239. The molecule has 3 aliphatic rings. The average molecular weight is 515 g/mol. The van der Waals surface area contributed by atoms with E-state index in [1.807, 2.05) is 0 Å². The van der Waals surface area contributed by atoms with Crippen molar-refractivity contribution in [2.45, 2.75) is 63.3 Å². The van der Waals surface area contributed by atoms with Crippen LogP contribution in [0.2, 0.25) is 0 Å². The standard InChI is InChI=1S/C31H31FN2O2S/c1-31-13-11-23-22-10-8-21(36-2)15-19(22)5-9-24(23)25(31)16-26-28(31)27-29(37-26)33-17-34(30(27)35)14-12-18-3-6-20(32)7-4-18/h3-4,6-8,10,15,17,23-25H,5,9,11-14,16H2,1-2H3/t23-,24-,25+,31+/m1/s1. The summed E-state index contributed by atoms with van der Waals surface area (Å²) in [5.41, 5.74) is 5.39. The summed E-state index contributed by atoms with van der Waals surface area (Å²) in [6.45, 7) is 2.97. The van der Waals surface area contributed by atoms with Crippen LogP contribution in [0.1, 0.15) is 59.2 Å². The van der Waals surface area contributed by atoms with Gasteiger partial charge in [-0.05, 0) is 108 Å². The first kappa shape index (κ1) is 23.2. The average Bonchev–Trinajstić information content (AvgIpc) is 3.43. The first-order valence-electron chi connectivity index (χ1n) is 13.4. The predicted molar refractivity (Wildman–Crippen MR) is 145 cm³/mol. The molecule has 4 aromatic rings. The third-order valence-electron chi connectivity index (χ3n) is 9.61. The molecule has 0 N–H and O–H groups in total. The molecule has 0 amide bonds. The molecule has 1 saturated carbocycles. The number of benzene rings is 2. The molecule has 0 radical (unpaired) electrons. The van der Waals surface area contributed by atoms with Crippen molar-refractivity contribution >= 4 is 21.6 Å². The van der Waals surface area contributed by atoms with E-state index >= 15 is 0 Å². The van der Waals surface area contributed by atoms with E-state index in [0.717, 1.165) is 47.2 Å². The van der Waals surface area contributed by atoms with Crippen molar-refractivity contribution in [1.82, 2.24) is 9.55 Å². The molecule has 4 nitrogen and oxygen atoms in total. The van der Waals surface area contributed by atoms with Crippen LogP contribution in [-0.4, -0.2) is 16.7 Å². The monoisotopic (exact) mass is 514 g/mol. The van der Waals surface area contributed by atoms with Gasteiger partial charge >= 0.3 is 0 Å². The molecule has 4 atom stereocenters. The fraction of sp³-hybridized carbons (Fsp3) is 0.419. The highest BCUT2D eigenvalue weighted by Crippen LogP contribution is 2.62. The number of hydrogen-bond acceptors (Lipinski definition) is 4. The molecule has 2 aromatic heterocycles. The highest BCUT2D eigenvalue weighted by Gasteiger charge is 2.54. The molecular weight excluding hydrogens is 483 g/mol. The van der Waals surface area contributed by atoms with Gasteiger partial charge in [0.15, 0.2) is 0 Å². The molecule has 190 valence electrons. The fourth-order valence-corrected chi connectivity index (χ4v) is 9.10. The summed E-state index contributed by atoms with van der Waals surface area (Å²) in [5.74, 6) is 2.52. The van der Waals surface area contributed by atoms with E-state index in [2.05, 4.69) is 25.1 Å². The molecule has 0 bridgehead atoms. The SMILES string of the molecule is COc1ccc2c(c1)CC[C@@H]1[C@@H]2CC[C@]2(C)c3c(sc4ncn(CCc5ccc(F)cc5)c(=O)c34)C[C@@H]12. The third kappa shape index (κ3) is 3.52. The smallest absolute Gasteiger partial charge is 0.262 e. The maximum atomic E-state index is 13.8. The Hall–Kier alpha value is -2.99. The number of nitrogens with zero attached hydrogens (tertiary/aromatic N) is 2. The van der Waals surface area contributed by atoms with Gasteiger partial charge in [-0.15, -0.1) is 11.3 Å². The molecular formula is C31H31FN2O2S. The van der Waals surface area contributed by atoms with Crippen LogP contribution in [0.25, 0.3) is 10.2 Å². The highest BCUT2D eigenvalue weighted by atomic mass is 32.1. The first-order valence-corrected chi connectivity index (χ1v) is 14.2. The van der Waals surface area contributed by atoms with Gasteiger partial charge in [-0.25, -0.2) is 9.37 Å². The molecule has 0 spiro atoms. The molecule has 0 aliphatic heterocycles. The zero-order chi connectivity index (χ0) is 25.3. The lowest BCUT2D eigenvalue weighted by molar-refractivity contribution is 0.106. The Labute approximate surface area is 220 Å². The quantitative estimate of drug-likeness (QED) is 0.316. The molecule has 3 aliphatic carbocycles. The number of hydrogen-bond donors (Lipinski definition) is 0. The molecule has 0 saturated heterocycles. The fourth-order valence-electron chi connectivity index (χ4n) is 7.77. The van der Waals surface area contributed by atoms with E-state index in [4.69, 9.17) is 9.72 Å². The van der Waals surface area contributed by atoms with Crippen LogP contribution in [0.3, 0.4) is 0 Å². The van der Waals surface area contributed by atoms with Gasteiger partial charge in [0.05, 0.1) is 18.8 Å². The summed E-state index contributed by atoms with van der Waals surface area (Å²) in [7, 11) is 1.74. The Morgan fingerprint density at radius 1 is 1.19 bits per heavy atom. The van der Waals surface area contributed by atoms with Gasteiger partial charge in [-0.1, -0.05) is 25.1 Å². The Kier molecular flexibility index (Phi) is 5.33. The van der Waals surface area contributed by atoms with Gasteiger partial charge in [-0.2, -0.15) is 0 Å². The van der Waals surface area contributed by atoms with Crippen LogP contribution in [0.5, 0.6) is 5.75 Å². The highest BCUT2D eigenvalue weighted by molar-refractivity contribution is 7.18. The lowest BCUT2D eigenvalue weighted by atomic mass is 9.55. The number of rotatable bonds is 4. The topological polar surface area (TPSA) is 44.1 Å². The van der Waals surface area contributed by atoms with E-state index < -0.39 is 0 Å². The first-order chi connectivity index (χ1) is 18.0. The Morgan fingerprint density at radius 2 is 2.03 bits per heavy atom. The van der Waals surface area contributed by atoms with E-state index in [1.165, 1.54) is 40.1 Å². The van der Waals surface area contributed by atoms with Crippen LogP contribution in [0, 0.1) is 17.7 Å². The number of fused-ring (bicyclic) bond motifs is 9. The maximum absolute atomic E-state index is 13.8. The zero-order valence-electron chi connectivity index (χ0n) is 21.3. The Balaban J connectivity index is 1.22. The Bertz CT molecular complexity index is 1570. The zero-order valence-corrected chi connectivity index (χ0v) is 22.1. The largest absolute Gasteiger partial charge is 0.497 e. The number of aryl methyl sites for hydroxylation is 3. The van der Waals surface area contributed by atoms with Gasteiger partial charge in [0, 0.05) is 11.4 Å². The summed E-state index contributed by atoms with van der Waals surface area (Å²) < 4.78 is 20.5. The molecule has 6 heteroatoms. The van der Waals surface area contributed by atoms with Crippen molar-refractivity contribution in [2.75, 3.05) is 7.11 Å². The minimum absolute atomic E-state index is 0.0235. The summed E-state index contributed by atoms with van der Waals surface area (Å²) in [6, 6.07) is 13.2. The van der Waals surface area contributed by atoms with Crippen LogP contribution in [0.15, 0.2) is 53.6 Å². The lowest BCUT2D eigenvalue weighted by Crippen LogP contribution is -2.43. The molecule has 37 heavy (non-hydrogen) atoms. The second kappa shape index (κ2) is 8.52. The van der Waals surface area contributed by atoms with Crippen molar-refractivity contribution in [2.24, 2.45) is 11.8 Å². The minimum Gasteiger partial charge on any atom is -0.497 e. The molecule has 2 heterocycles. The Morgan fingerprint density at radius 3 is 2.84 bits per heavy atom. The van der Waals surface area contributed by atoms with Gasteiger partial charge in [0.1, 0.15) is 16.4 Å². The van der Waals surface area contributed by atoms with Crippen LogP contribution in [-0.2, 0) is 31.2 Å². The molecule has 0 unspecified atom stereocenters. The van der Waals surface area contributed by atoms with Crippen molar-refractivity contribution in [3.05, 3.63) is 92.1 Å². The molecule has 7 rings (SSSR count). The molecule has 1 fully saturated rings. The van der Waals surface area contributed by atoms with Crippen molar-refractivity contribution < 1.29 is 9.13 Å². The predicted octanol–water partition coefficient (Wildman–Crippen LogP) is 6.42. The maximum Gasteiger partial charge on any atom is 0.262 e. The summed E-state index contributed by atoms with van der Waals surface area (Å²) in [4.78, 5) is 20.8. The van der Waals surface area contributed by atoms with Gasteiger partial charge in [-0.3, -0.25) is 9.36 Å². The van der Waals surface area contributed by atoms with E-state index in [1.54, 1.807) is 41.5 Å². The van der Waals surface area contributed by atoms with Crippen LogP contribution >= 0.6 is 11.3 Å². The summed E-state index contributed by atoms with van der Waals surface area (Å²) in [6.07, 6.45) is 8.01. The number of ether oxygens (including phenoxy) is 1. The van der Waals surface area contributed by atoms with E-state index in [9.17, 15) is 9.18 Å². The van der Waals surface area contributed by atoms with Crippen molar-refractivity contribution in [3.63, 3.8) is 0 Å². The van der Waals surface area contributed by atoms with Crippen LogP contribution < -0.4 is 10.3 Å². The van der Waals surface area contributed by atoms with Gasteiger partial charge < -0.3 is 4.74 Å². The van der Waals surface area contributed by atoms with E-state index in [-0.39, 0.29) is 16.8 Å². The van der Waals surface area contributed by atoms with Crippen molar-refractivity contribution in [3.8, 4) is 5.75 Å². The van der Waals surface area contributed by atoms with Crippen molar-refractivity contribution in [1.29, 1.82) is 0 Å². The summed E-state index contributed by atoms with van der Waals surface area (Å²) >= 11 is 1.74. The van der Waals surface area contributed by atoms with Crippen LogP contribution in [0.4, 0.5) is 4.39 Å². The molecule has 2 aromatic carbocycles. The number of aromatic nitrogens is 2. The summed E-state index contributed by atoms with van der Waals surface area (Å²) in [5, 5.41) is 0.853. The second-order valence-electron chi connectivity index (χ2n) is 11.3. The lowest BCUT2D eigenvalue weighted by Gasteiger charge is -2.49. The normalized spacial score (nSPS) is 25.9. The van der Waals surface area contributed by atoms with Gasteiger partial charge in [0.25, 0.3) is 5.56 Å². The third-order valence-corrected chi connectivity index (χ3v) is 10.7. The van der Waals surface area contributed by atoms with E-state index in [0.29, 0.717) is 30.7 Å².